The lowest BCUT2D eigenvalue weighted by molar-refractivity contribution is 0.140. The van der Waals surface area contributed by atoms with Crippen molar-refractivity contribution in [3.8, 4) is 0 Å². The lowest BCUT2D eigenvalue weighted by Gasteiger charge is -2.32. The van der Waals surface area contributed by atoms with Crippen LogP contribution < -0.4 is 4.72 Å². The largest absolute Gasteiger partial charge is 0.346 e. The van der Waals surface area contributed by atoms with Gasteiger partial charge in [-0.25, -0.2) is 19.1 Å². The molecule has 8 nitrogen and oxygen atoms in total. The van der Waals surface area contributed by atoms with Gasteiger partial charge in [0, 0.05) is 43.3 Å². The number of halogens is 1. The van der Waals surface area contributed by atoms with Crippen LogP contribution in [0, 0.1) is 0 Å². The molecule has 0 amide bonds. The lowest BCUT2D eigenvalue weighted by Crippen LogP contribution is -2.55. The molecule has 0 aromatic carbocycles. The van der Waals surface area contributed by atoms with E-state index in [0.717, 1.165) is 26.4 Å². The first-order valence-corrected chi connectivity index (χ1v) is 9.26. The molecule has 1 fully saturated rings. The Morgan fingerprint density at radius 3 is 3.00 bits per heavy atom. The van der Waals surface area contributed by atoms with Crippen LogP contribution in [0.5, 0.6) is 0 Å². The minimum Gasteiger partial charge on any atom is -0.346 e. The molecule has 10 heteroatoms. The van der Waals surface area contributed by atoms with Crippen molar-refractivity contribution in [1.29, 1.82) is 0 Å². The van der Waals surface area contributed by atoms with Gasteiger partial charge < -0.3 is 9.55 Å². The molecular formula is C15H17FN6O2S. The van der Waals surface area contributed by atoms with Gasteiger partial charge in [-0.2, -0.15) is 12.7 Å². The van der Waals surface area contributed by atoms with Crippen molar-refractivity contribution in [2.45, 2.75) is 12.6 Å². The van der Waals surface area contributed by atoms with E-state index < -0.39 is 16.4 Å². The van der Waals surface area contributed by atoms with Crippen LogP contribution >= 0.6 is 0 Å². The van der Waals surface area contributed by atoms with Gasteiger partial charge in [-0.3, -0.25) is 0 Å². The summed E-state index contributed by atoms with van der Waals surface area (Å²) in [4.78, 5) is 11.7. The third-order valence-corrected chi connectivity index (χ3v) is 5.82. The van der Waals surface area contributed by atoms with Crippen LogP contribution in [0.2, 0.25) is 0 Å². The zero-order chi connectivity index (χ0) is 17.6. The summed E-state index contributed by atoms with van der Waals surface area (Å²) < 4.78 is 42.1. The molecule has 2 N–H and O–H groups in total. The molecule has 0 saturated carbocycles. The van der Waals surface area contributed by atoms with E-state index in [9.17, 15) is 12.8 Å². The quantitative estimate of drug-likeness (QED) is 0.688. The number of H-pyrrole nitrogens is 1. The zero-order valence-electron chi connectivity index (χ0n) is 13.3. The van der Waals surface area contributed by atoms with Gasteiger partial charge in [0.2, 0.25) is 0 Å². The van der Waals surface area contributed by atoms with Gasteiger partial charge in [-0.05, 0) is 6.07 Å². The normalized spacial score (nSPS) is 16.5. The molecule has 4 heterocycles. The number of aromatic amines is 1. The highest BCUT2D eigenvalue weighted by molar-refractivity contribution is 7.87. The Morgan fingerprint density at radius 1 is 1.44 bits per heavy atom. The van der Waals surface area contributed by atoms with E-state index >= 15 is 0 Å². The smallest absolute Gasteiger partial charge is 0.279 e. The number of aromatic nitrogens is 4. The first-order valence-electron chi connectivity index (χ1n) is 7.82. The van der Waals surface area contributed by atoms with Gasteiger partial charge in [0.25, 0.3) is 10.2 Å². The van der Waals surface area contributed by atoms with E-state index in [-0.39, 0.29) is 19.6 Å². The van der Waals surface area contributed by atoms with Crippen molar-refractivity contribution in [1.82, 2.24) is 28.5 Å². The van der Waals surface area contributed by atoms with E-state index in [4.69, 9.17) is 0 Å². The van der Waals surface area contributed by atoms with E-state index in [1.165, 1.54) is 0 Å². The number of nitrogens with one attached hydrogen (secondary N) is 2. The first kappa shape index (κ1) is 16.2. The monoisotopic (exact) mass is 364 g/mol. The summed E-state index contributed by atoms with van der Waals surface area (Å²) in [6, 6.07) is 1.91. The van der Waals surface area contributed by atoms with Gasteiger partial charge in [0.05, 0.1) is 11.7 Å². The summed E-state index contributed by atoms with van der Waals surface area (Å²) in [6.45, 7) is 4.04. The average Bonchev–Trinajstić information content (AvgIpc) is 3.16. The van der Waals surface area contributed by atoms with Gasteiger partial charge in [0.15, 0.2) is 0 Å². The molecule has 132 valence electrons. The van der Waals surface area contributed by atoms with E-state index in [2.05, 4.69) is 26.3 Å². The van der Waals surface area contributed by atoms with Gasteiger partial charge >= 0.3 is 0 Å². The Balaban J connectivity index is 1.48. The zero-order valence-corrected chi connectivity index (χ0v) is 14.1. The van der Waals surface area contributed by atoms with Gasteiger partial charge in [-0.1, -0.05) is 6.58 Å². The summed E-state index contributed by atoms with van der Waals surface area (Å²) in [6.07, 6.45) is 4.46. The van der Waals surface area contributed by atoms with Crippen LogP contribution in [0.4, 0.5) is 4.39 Å². The minimum absolute atomic E-state index is 0.0824. The van der Waals surface area contributed by atoms with Crippen molar-refractivity contribution in [2.24, 2.45) is 0 Å². The Labute approximate surface area is 143 Å². The van der Waals surface area contributed by atoms with Crippen molar-refractivity contribution in [2.75, 3.05) is 19.6 Å². The molecule has 0 spiro atoms. The summed E-state index contributed by atoms with van der Waals surface area (Å²) in [7, 11) is -3.63. The standard InChI is InChI=1S/C15H17FN6O2S/c1-10(2-5-20-25(23,24)21-7-11(16)8-21)22-9-19-13-6-18-15-12(14(13)22)3-4-17-15/h3-4,6,9,11,20H,1-2,5,7-8H2,(H,17,18). The molecule has 1 aliphatic rings. The number of pyridine rings is 1. The number of imidazole rings is 1. The fourth-order valence-corrected chi connectivity index (χ4v) is 4.13. The number of hydrogen-bond acceptors (Lipinski definition) is 4. The minimum atomic E-state index is -3.63. The Hall–Kier alpha value is -2.30. The Morgan fingerprint density at radius 2 is 2.24 bits per heavy atom. The second-order valence-corrected chi connectivity index (χ2v) is 7.73. The van der Waals surface area contributed by atoms with Gasteiger partial charge in [-0.15, -0.1) is 0 Å². The molecule has 0 unspecified atom stereocenters. The fraction of sp³-hybridized carbons (Fsp3) is 0.333. The van der Waals surface area contributed by atoms with E-state index in [1.54, 1.807) is 18.7 Å². The second kappa shape index (κ2) is 5.90. The van der Waals surface area contributed by atoms with Crippen LogP contribution in [-0.4, -0.2) is 58.0 Å². The number of hydrogen-bond donors (Lipinski definition) is 2. The fourth-order valence-electron chi connectivity index (χ4n) is 2.87. The number of alkyl halides is 1. The third-order valence-electron chi connectivity index (χ3n) is 4.27. The van der Waals surface area contributed by atoms with Crippen molar-refractivity contribution < 1.29 is 12.8 Å². The number of fused-ring (bicyclic) bond motifs is 3. The number of nitrogens with zero attached hydrogens (tertiary/aromatic N) is 4. The summed E-state index contributed by atoms with van der Waals surface area (Å²) >= 11 is 0. The maximum atomic E-state index is 12.8. The highest BCUT2D eigenvalue weighted by Crippen LogP contribution is 2.25. The van der Waals surface area contributed by atoms with Crippen LogP contribution in [-0.2, 0) is 10.2 Å². The summed E-state index contributed by atoms with van der Waals surface area (Å²) in [5, 5.41) is 0.922. The average molecular weight is 364 g/mol. The topological polar surface area (TPSA) is 95.9 Å². The molecule has 1 aliphatic heterocycles. The summed E-state index contributed by atoms with van der Waals surface area (Å²) in [5.41, 5.74) is 3.07. The molecule has 3 aromatic rings. The van der Waals surface area contributed by atoms with Crippen LogP contribution in [0.1, 0.15) is 6.42 Å². The maximum absolute atomic E-state index is 12.8. The molecule has 4 rings (SSSR count). The molecule has 0 aliphatic carbocycles. The van der Waals surface area contributed by atoms with E-state index in [1.807, 2.05) is 10.6 Å². The predicted molar refractivity (Wildman–Crippen MR) is 92.7 cm³/mol. The molecular weight excluding hydrogens is 347 g/mol. The van der Waals surface area contributed by atoms with Gasteiger partial charge in [0.1, 0.15) is 23.7 Å². The lowest BCUT2D eigenvalue weighted by atomic mass is 10.2. The molecule has 0 bridgehead atoms. The Bertz CT molecular complexity index is 1050. The Kier molecular flexibility index (Phi) is 3.82. The van der Waals surface area contributed by atoms with E-state index in [0.29, 0.717) is 12.1 Å². The number of rotatable bonds is 6. The predicted octanol–water partition coefficient (Wildman–Crippen LogP) is 1.26. The molecule has 0 radical (unpaired) electrons. The second-order valence-electron chi connectivity index (χ2n) is 5.98. The van der Waals surface area contributed by atoms with Crippen molar-refractivity contribution in [3.63, 3.8) is 0 Å². The van der Waals surface area contributed by atoms with Crippen LogP contribution in [0.3, 0.4) is 0 Å². The molecule has 0 atom stereocenters. The summed E-state index contributed by atoms with van der Waals surface area (Å²) in [5.74, 6) is 0. The first-order chi connectivity index (χ1) is 12.0. The molecule has 1 saturated heterocycles. The highest BCUT2D eigenvalue weighted by atomic mass is 32.2. The third kappa shape index (κ3) is 2.81. The van der Waals surface area contributed by atoms with Crippen LogP contribution in [0.25, 0.3) is 27.8 Å². The SMILES string of the molecule is C=C(CCNS(=O)(=O)N1CC(F)C1)n1cnc2cnc3[nH]ccc3c21. The molecule has 25 heavy (non-hydrogen) atoms. The maximum Gasteiger partial charge on any atom is 0.279 e. The van der Waals surface area contributed by atoms with Crippen molar-refractivity contribution >= 4 is 38.0 Å². The highest BCUT2D eigenvalue weighted by Gasteiger charge is 2.35. The molecule has 3 aromatic heterocycles. The van der Waals surface area contributed by atoms with Crippen LogP contribution in [0.15, 0.2) is 31.4 Å². The van der Waals surface area contributed by atoms with Crippen molar-refractivity contribution in [3.05, 3.63) is 31.4 Å².